The average molecular weight is 349 g/mol. The highest BCUT2D eigenvalue weighted by atomic mass is 35.5. The minimum atomic E-state index is -0.141. The van der Waals surface area contributed by atoms with E-state index in [2.05, 4.69) is 34.5 Å². The van der Waals surface area contributed by atoms with Crippen molar-refractivity contribution in [3.8, 4) is 0 Å². The highest BCUT2D eigenvalue weighted by Gasteiger charge is 2.42. The Morgan fingerprint density at radius 1 is 1.26 bits per heavy atom. The van der Waals surface area contributed by atoms with Crippen molar-refractivity contribution in [1.29, 1.82) is 0 Å². The summed E-state index contributed by atoms with van der Waals surface area (Å²) in [6.45, 7) is 3.69. The van der Waals surface area contributed by atoms with Crippen LogP contribution in [0.5, 0.6) is 0 Å². The number of hydrogen-bond acceptors (Lipinski definition) is 4. The molecule has 0 saturated heterocycles. The molecule has 0 aliphatic heterocycles. The summed E-state index contributed by atoms with van der Waals surface area (Å²) in [5.74, 6) is 0. The monoisotopic (exact) mass is 348 g/mol. The molecule has 1 aliphatic rings. The van der Waals surface area contributed by atoms with Gasteiger partial charge in [0.05, 0.1) is 10.6 Å². The van der Waals surface area contributed by atoms with Gasteiger partial charge in [-0.05, 0) is 42.7 Å². The Morgan fingerprint density at radius 2 is 2.04 bits per heavy atom. The fraction of sp³-hybridized carbons (Fsp3) is 0.389. The van der Waals surface area contributed by atoms with Crippen LogP contribution in [0.3, 0.4) is 0 Å². The summed E-state index contributed by atoms with van der Waals surface area (Å²) in [5, 5.41) is 7.34. The van der Waals surface area contributed by atoms with E-state index in [1.807, 2.05) is 32.3 Å². The summed E-state index contributed by atoms with van der Waals surface area (Å²) in [6, 6.07) is 10.3. The van der Waals surface area contributed by atoms with E-state index in [9.17, 15) is 0 Å². The fourth-order valence-electron chi connectivity index (χ4n) is 3.05. The Hall–Kier alpha value is -1.36. The van der Waals surface area contributed by atoms with Gasteiger partial charge in [0.1, 0.15) is 6.61 Å². The summed E-state index contributed by atoms with van der Waals surface area (Å²) in [6.07, 6.45) is 0.820. The van der Waals surface area contributed by atoms with Crippen LogP contribution in [0.4, 0.5) is 0 Å². The summed E-state index contributed by atoms with van der Waals surface area (Å²) >= 11 is 8.19. The van der Waals surface area contributed by atoms with Gasteiger partial charge in [-0.3, -0.25) is 0 Å². The first-order chi connectivity index (χ1) is 11.0. The second kappa shape index (κ2) is 6.63. The molecule has 2 aromatic rings. The van der Waals surface area contributed by atoms with E-state index < -0.39 is 0 Å². The maximum absolute atomic E-state index is 6.46. The zero-order valence-electron chi connectivity index (χ0n) is 13.7. The molecular formula is C18H21ClN2OS. The fourth-order valence-corrected chi connectivity index (χ4v) is 4.40. The van der Waals surface area contributed by atoms with E-state index in [4.69, 9.17) is 16.4 Å². The highest BCUT2D eigenvalue weighted by molar-refractivity contribution is 7.12. The predicted molar refractivity (Wildman–Crippen MR) is 97.9 cm³/mol. The normalized spacial score (nSPS) is 21.9. The summed E-state index contributed by atoms with van der Waals surface area (Å²) < 4.78 is 0. The van der Waals surface area contributed by atoms with Crippen LogP contribution in [0.25, 0.3) is 0 Å². The first-order valence-corrected chi connectivity index (χ1v) is 8.95. The Labute approximate surface area is 146 Å². The van der Waals surface area contributed by atoms with Crippen molar-refractivity contribution >= 4 is 28.6 Å². The molecule has 3 nitrogen and oxygen atoms in total. The van der Waals surface area contributed by atoms with E-state index in [0.717, 1.165) is 29.3 Å². The molecule has 1 aromatic heterocycles. The largest absolute Gasteiger partial charge is 0.394 e. The lowest BCUT2D eigenvalue weighted by molar-refractivity contribution is 0.125. The van der Waals surface area contributed by atoms with Gasteiger partial charge in [-0.1, -0.05) is 41.9 Å². The van der Waals surface area contributed by atoms with E-state index in [1.54, 1.807) is 11.3 Å². The Morgan fingerprint density at radius 3 is 2.78 bits per heavy atom. The molecule has 1 heterocycles. The molecule has 5 heteroatoms. The molecule has 1 aromatic carbocycles. The molecule has 23 heavy (non-hydrogen) atoms. The molecule has 1 atom stereocenters. The van der Waals surface area contributed by atoms with Gasteiger partial charge in [-0.25, -0.2) is 0 Å². The van der Waals surface area contributed by atoms with Crippen molar-refractivity contribution in [2.24, 2.45) is 5.16 Å². The number of oxime groups is 1. The van der Waals surface area contributed by atoms with Gasteiger partial charge in [0.2, 0.25) is 0 Å². The van der Waals surface area contributed by atoms with Gasteiger partial charge in [-0.2, -0.15) is 0 Å². The van der Waals surface area contributed by atoms with Crippen LogP contribution in [-0.4, -0.2) is 37.9 Å². The number of hydrogen-bond donors (Lipinski definition) is 0. The van der Waals surface area contributed by atoms with Crippen LogP contribution in [0.15, 0.2) is 40.9 Å². The van der Waals surface area contributed by atoms with E-state index >= 15 is 0 Å². The van der Waals surface area contributed by atoms with Crippen molar-refractivity contribution in [3.63, 3.8) is 0 Å². The molecule has 122 valence electrons. The SMILES string of the molecule is CN(C)CCON=C1CC(C)(c2ccccc2Cl)c2ccsc21. The van der Waals surface area contributed by atoms with Gasteiger partial charge in [0.25, 0.3) is 0 Å². The van der Waals surface area contributed by atoms with Crippen LogP contribution in [0.1, 0.15) is 29.3 Å². The van der Waals surface area contributed by atoms with Gasteiger partial charge < -0.3 is 9.74 Å². The van der Waals surface area contributed by atoms with E-state index in [-0.39, 0.29) is 5.41 Å². The van der Waals surface area contributed by atoms with E-state index in [1.165, 1.54) is 10.4 Å². The topological polar surface area (TPSA) is 24.8 Å². The quantitative estimate of drug-likeness (QED) is 0.591. The highest BCUT2D eigenvalue weighted by Crippen LogP contribution is 2.48. The molecule has 1 aliphatic carbocycles. The van der Waals surface area contributed by atoms with Crippen LogP contribution >= 0.6 is 22.9 Å². The first kappa shape index (κ1) is 16.5. The molecule has 1 unspecified atom stereocenters. The van der Waals surface area contributed by atoms with Gasteiger partial charge >= 0.3 is 0 Å². The van der Waals surface area contributed by atoms with Gasteiger partial charge in [0, 0.05) is 23.4 Å². The summed E-state index contributed by atoms with van der Waals surface area (Å²) in [7, 11) is 4.05. The summed E-state index contributed by atoms with van der Waals surface area (Å²) in [4.78, 5) is 8.84. The molecular weight excluding hydrogens is 328 g/mol. The van der Waals surface area contributed by atoms with E-state index in [0.29, 0.717) is 6.61 Å². The van der Waals surface area contributed by atoms with Gasteiger partial charge in [-0.15, -0.1) is 11.3 Å². The maximum Gasteiger partial charge on any atom is 0.129 e. The van der Waals surface area contributed by atoms with Gasteiger partial charge in [0.15, 0.2) is 0 Å². The average Bonchev–Trinajstić information content (AvgIpc) is 3.08. The summed E-state index contributed by atoms with van der Waals surface area (Å²) in [5.41, 5.74) is 3.33. The molecule has 3 rings (SSSR count). The molecule has 0 saturated carbocycles. The second-order valence-corrected chi connectivity index (χ2v) is 7.65. The van der Waals surface area contributed by atoms with Crippen molar-refractivity contribution < 1.29 is 4.84 Å². The number of halogens is 1. The Balaban J connectivity index is 1.89. The smallest absolute Gasteiger partial charge is 0.129 e. The lowest BCUT2D eigenvalue weighted by Gasteiger charge is -2.25. The van der Waals surface area contributed by atoms with Crippen molar-refractivity contribution in [3.05, 3.63) is 56.7 Å². The number of fused-ring (bicyclic) bond motifs is 1. The van der Waals surface area contributed by atoms with Crippen LogP contribution in [0.2, 0.25) is 5.02 Å². The Kier molecular flexibility index (Phi) is 4.76. The second-order valence-electron chi connectivity index (χ2n) is 6.33. The third kappa shape index (κ3) is 3.16. The van der Waals surface area contributed by atoms with Crippen LogP contribution in [0, 0.1) is 0 Å². The van der Waals surface area contributed by atoms with Crippen LogP contribution in [-0.2, 0) is 10.3 Å². The molecule has 0 bridgehead atoms. The molecule has 0 spiro atoms. The number of likely N-dealkylation sites (N-methyl/N-ethyl adjacent to an activating group) is 1. The standard InChI is InChI=1S/C18H21ClN2OS/c1-18(13-6-4-5-7-15(13)19)12-16(17-14(18)8-11-23-17)20-22-10-9-21(2)3/h4-8,11H,9-10,12H2,1-3H3. The lowest BCUT2D eigenvalue weighted by Crippen LogP contribution is -2.21. The number of nitrogens with zero attached hydrogens (tertiary/aromatic N) is 2. The third-order valence-electron chi connectivity index (χ3n) is 4.32. The van der Waals surface area contributed by atoms with Crippen molar-refractivity contribution in [2.45, 2.75) is 18.8 Å². The number of rotatable bonds is 5. The Bertz CT molecular complexity index is 725. The van der Waals surface area contributed by atoms with Crippen molar-refractivity contribution in [2.75, 3.05) is 27.2 Å². The molecule has 0 amide bonds. The predicted octanol–water partition coefficient (Wildman–Crippen LogP) is 4.39. The minimum Gasteiger partial charge on any atom is -0.394 e. The maximum atomic E-state index is 6.46. The third-order valence-corrected chi connectivity index (χ3v) is 5.61. The zero-order chi connectivity index (χ0) is 16.4. The molecule has 0 fully saturated rings. The minimum absolute atomic E-state index is 0.141. The first-order valence-electron chi connectivity index (χ1n) is 7.69. The molecule has 0 radical (unpaired) electrons. The number of benzene rings is 1. The number of thiophene rings is 1. The van der Waals surface area contributed by atoms with Crippen LogP contribution < -0.4 is 0 Å². The van der Waals surface area contributed by atoms with Crippen molar-refractivity contribution in [1.82, 2.24) is 4.90 Å². The zero-order valence-corrected chi connectivity index (χ0v) is 15.2. The lowest BCUT2D eigenvalue weighted by atomic mass is 9.78. The molecule has 0 N–H and O–H groups in total.